The van der Waals surface area contributed by atoms with E-state index in [-0.39, 0.29) is 18.0 Å². The molecule has 0 spiro atoms. The zero-order valence-corrected chi connectivity index (χ0v) is 9.13. The molecule has 0 N–H and O–H groups in total. The van der Waals surface area contributed by atoms with Gasteiger partial charge in [0.05, 0.1) is 5.69 Å². The number of hydrogen-bond donors (Lipinski definition) is 0. The summed E-state index contributed by atoms with van der Waals surface area (Å²) in [5.74, 6) is -2.42. The van der Waals surface area contributed by atoms with Gasteiger partial charge in [-0.25, -0.2) is 0 Å². The minimum Gasteiger partial charge on any atom is -0.263 e. The Balaban J connectivity index is 2.38. The van der Waals surface area contributed by atoms with Crippen LogP contribution in [0.4, 0.5) is 8.78 Å². The molecular formula is C11H16F2N2. The van der Waals surface area contributed by atoms with Crippen LogP contribution in [0, 0.1) is 0 Å². The molecule has 4 heteroatoms. The van der Waals surface area contributed by atoms with Crippen LogP contribution >= 0.6 is 0 Å². The topological polar surface area (TPSA) is 17.8 Å². The lowest BCUT2D eigenvalue weighted by Crippen LogP contribution is -2.25. The fourth-order valence-corrected chi connectivity index (χ4v) is 1.93. The Hall–Kier alpha value is -0.930. The van der Waals surface area contributed by atoms with Crippen LogP contribution in [0.1, 0.15) is 50.4 Å². The van der Waals surface area contributed by atoms with E-state index in [1.54, 1.807) is 6.07 Å². The molecule has 0 fully saturated rings. The van der Waals surface area contributed by atoms with Gasteiger partial charge in [-0.2, -0.15) is 13.9 Å². The minimum absolute atomic E-state index is 0.0430. The normalized spacial score (nSPS) is 21.1. The first kappa shape index (κ1) is 10.6. The van der Waals surface area contributed by atoms with Crippen molar-refractivity contribution in [3.63, 3.8) is 0 Å². The number of aryl methyl sites for hydroxylation is 1. The van der Waals surface area contributed by atoms with Gasteiger partial charge in [0.15, 0.2) is 0 Å². The molecule has 1 aromatic rings. The van der Waals surface area contributed by atoms with E-state index in [2.05, 4.69) is 5.10 Å². The van der Waals surface area contributed by atoms with E-state index in [1.165, 1.54) is 4.68 Å². The summed E-state index contributed by atoms with van der Waals surface area (Å²) in [5, 5.41) is 4.25. The van der Waals surface area contributed by atoms with Gasteiger partial charge in [0.25, 0.3) is 5.92 Å². The predicted molar refractivity (Wildman–Crippen MR) is 54.1 cm³/mol. The van der Waals surface area contributed by atoms with Crippen LogP contribution in [-0.4, -0.2) is 9.78 Å². The number of fused-ring (bicyclic) bond motifs is 1. The first-order chi connectivity index (χ1) is 7.04. The van der Waals surface area contributed by atoms with Gasteiger partial charge >= 0.3 is 0 Å². The van der Waals surface area contributed by atoms with Crippen molar-refractivity contribution in [3.8, 4) is 0 Å². The van der Waals surface area contributed by atoms with Crippen molar-refractivity contribution in [3.05, 3.63) is 17.5 Å². The quantitative estimate of drug-likeness (QED) is 0.738. The zero-order valence-electron chi connectivity index (χ0n) is 9.13. The summed E-state index contributed by atoms with van der Waals surface area (Å²) in [5.41, 5.74) is 0.901. The third-order valence-corrected chi connectivity index (χ3v) is 3.15. The molecular weight excluding hydrogens is 198 g/mol. The Morgan fingerprint density at radius 1 is 1.60 bits per heavy atom. The molecule has 2 rings (SSSR count). The van der Waals surface area contributed by atoms with Crippen LogP contribution in [0.3, 0.4) is 0 Å². The van der Waals surface area contributed by atoms with E-state index in [0.717, 1.165) is 12.1 Å². The number of rotatable bonds is 2. The molecule has 84 valence electrons. The highest BCUT2D eigenvalue weighted by atomic mass is 19.3. The van der Waals surface area contributed by atoms with Crippen molar-refractivity contribution < 1.29 is 8.78 Å². The first-order valence-corrected chi connectivity index (χ1v) is 5.50. The second-order valence-corrected chi connectivity index (χ2v) is 4.29. The Bertz CT molecular complexity index is 357. The zero-order chi connectivity index (χ0) is 11.1. The summed E-state index contributed by atoms with van der Waals surface area (Å²) in [6, 6.07) is 1.58. The molecule has 1 aliphatic rings. The Morgan fingerprint density at radius 2 is 2.33 bits per heavy atom. The molecule has 15 heavy (non-hydrogen) atoms. The summed E-state index contributed by atoms with van der Waals surface area (Å²) in [6.07, 6.45) is 1.41. The van der Waals surface area contributed by atoms with Crippen molar-refractivity contribution >= 4 is 0 Å². The van der Waals surface area contributed by atoms with Crippen LogP contribution in [0.2, 0.25) is 0 Å². The molecule has 0 bridgehead atoms. The molecule has 0 saturated heterocycles. The van der Waals surface area contributed by atoms with Crippen LogP contribution < -0.4 is 0 Å². The number of hydrogen-bond acceptors (Lipinski definition) is 1. The molecule has 0 aliphatic carbocycles. The molecule has 1 atom stereocenters. The number of halogens is 2. The third-order valence-electron chi connectivity index (χ3n) is 3.15. The largest absolute Gasteiger partial charge is 0.289 e. The highest BCUT2D eigenvalue weighted by molar-refractivity contribution is 5.19. The van der Waals surface area contributed by atoms with Crippen LogP contribution in [0.15, 0.2) is 6.07 Å². The van der Waals surface area contributed by atoms with Gasteiger partial charge in [0, 0.05) is 13.0 Å². The molecule has 1 unspecified atom stereocenters. The standard InChI is InChI=1S/C11H16F2N2/c1-3-8(2)9-7-10-11(12,13)5-4-6-15(10)14-9/h7-8H,3-6H2,1-2H3. The number of alkyl halides is 2. The van der Waals surface area contributed by atoms with E-state index < -0.39 is 5.92 Å². The van der Waals surface area contributed by atoms with Crippen molar-refractivity contribution in [2.75, 3.05) is 0 Å². The fourth-order valence-electron chi connectivity index (χ4n) is 1.93. The Labute approximate surface area is 88.3 Å². The maximum Gasteiger partial charge on any atom is 0.289 e. The smallest absolute Gasteiger partial charge is 0.263 e. The van der Waals surface area contributed by atoms with Crippen molar-refractivity contribution in [1.29, 1.82) is 0 Å². The molecule has 1 aromatic heterocycles. The summed E-state index contributed by atoms with van der Waals surface area (Å²) in [7, 11) is 0. The van der Waals surface area contributed by atoms with E-state index in [0.29, 0.717) is 13.0 Å². The lowest BCUT2D eigenvalue weighted by molar-refractivity contribution is -0.0364. The van der Waals surface area contributed by atoms with Gasteiger partial charge in [0.2, 0.25) is 0 Å². The average Bonchev–Trinajstić information content (AvgIpc) is 2.61. The van der Waals surface area contributed by atoms with E-state index in [4.69, 9.17) is 0 Å². The second kappa shape index (κ2) is 3.58. The van der Waals surface area contributed by atoms with Gasteiger partial charge in [0.1, 0.15) is 5.69 Å². The molecule has 0 saturated carbocycles. The number of nitrogens with zero attached hydrogens (tertiary/aromatic N) is 2. The SMILES string of the molecule is CCC(C)c1cc2n(n1)CCCC2(F)F. The van der Waals surface area contributed by atoms with Crippen molar-refractivity contribution in [2.24, 2.45) is 0 Å². The lowest BCUT2D eigenvalue weighted by atomic mass is 10.0. The molecule has 2 nitrogen and oxygen atoms in total. The third kappa shape index (κ3) is 1.77. The van der Waals surface area contributed by atoms with Crippen LogP contribution in [0.25, 0.3) is 0 Å². The van der Waals surface area contributed by atoms with Gasteiger partial charge in [-0.1, -0.05) is 13.8 Å². The minimum atomic E-state index is -2.68. The summed E-state index contributed by atoms with van der Waals surface area (Å²) in [6.45, 7) is 4.69. The maximum atomic E-state index is 13.5. The highest BCUT2D eigenvalue weighted by Gasteiger charge is 2.38. The Morgan fingerprint density at radius 3 is 2.93 bits per heavy atom. The van der Waals surface area contributed by atoms with Crippen LogP contribution in [-0.2, 0) is 12.5 Å². The molecule has 1 aliphatic heterocycles. The van der Waals surface area contributed by atoms with Gasteiger partial charge in [-0.05, 0) is 24.8 Å². The van der Waals surface area contributed by atoms with Gasteiger partial charge in [-0.3, -0.25) is 4.68 Å². The van der Waals surface area contributed by atoms with Gasteiger partial charge < -0.3 is 0 Å². The summed E-state index contributed by atoms with van der Waals surface area (Å²) in [4.78, 5) is 0. The average molecular weight is 214 g/mol. The second-order valence-electron chi connectivity index (χ2n) is 4.29. The lowest BCUT2D eigenvalue weighted by Gasteiger charge is -2.22. The number of aromatic nitrogens is 2. The predicted octanol–water partition coefficient (Wildman–Crippen LogP) is 3.28. The van der Waals surface area contributed by atoms with E-state index >= 15 is 0 Å². The van der Waals surface area contributed by atoms with Crippen molar-refractivity contribution in [2.45, 2.75) is 51.5 Å². The van der Waals surface area contributed by atoms with E-state index in [1.807, 2.05) is 13.8 Å². The molecule has 0 radical (unpaired) electrons. The summed E-state index contributed by atoms with van der Waals surface area (Å²) >= 11 is 0. The van der Waals surface area contributed by atoms with Gasteiger partial charge in [-0.15, -0.1) is 0 Å². The van der Waals surface area contributed by atoms with Crippen LogP contribution in [0.5, 0.6) is 0 Å². The monoisotopic (exact) mass is 214 g/mol. The summed E-state index contributed by atoms with van der Waals surface area (Å²) < 4.78 is 28.5. The fraction of sp³-hybridized carbons (Fsp3) is 0.727. The first-order valence-electron chi connectivity index (χ1n) is 5.50. The molecule has 0 aromatic carbocycles. The van der Waals surface area contributed by atoms with Crippen molar-refractivity contribution in [1.82, 2.24) is 9.78 Å². The Kier molecular flexibility index (Phi) is 2.52. The molecule has 0 amide bonds. The maximum absolute atomic E-state index is 13.5. The molecule has 2 heterocycles. The highest BCUT2D eigenvalue weighted by Crippen LogP contribution is 2.37. The van der Waals surface area contributed by atoms with E-state index in [9.17, 15) is 8.78 Å².